The van der Waals surface area contributed by atoms with E-state index < -0.39 is 0 Å². The molecule has 1 amide bonds. The van der Waals surface area contributed by atoms with Crippen LogP contribution in [-0.4, -0.2) is 55.3 Å². The van der Waals surface area contributed by atoms with E-state index in [1.807, 2.05) is 30.5 Å². The fraction of sp³-hybridized carbons (Fsp3) is 0.385. The van der Waals surface area contributed by atoms with Crippen LogP contribution in [0.25, 0.3) is 11.3 Å². The molecule has 0 spiro atoms. The van der Waals surface area contributed by atoms with Crippen molar-refractivity contribution >= 4 is 17.7 Å². The maximum atomic E-state index is 12.7. The van der Waals surface area contributed by atoms with Gasteiger partial charge in [0.05, 0.1) is 51.6 Å². The first-order valence-corrected chi connectivity index (χ1v) is 12.5. The van der Waals surface area contributed by atoms with Crippen LogP contribution in [0.2, 0.25) is 0 Å². The lowest BCUT2D eigenvalue weighted by molar-refractivity contribution is -0.118. The van der Waals surface area contributed by atoms with Gasteiger partial charge in [-0.1, -0.05) is 42.1 Å². The van der Waals surface area contributed by atoms with Crippen LogP contribution in [0.5, 0.6) is 17.2 Å². The molecule has 4 rings (SSSR count). The van der Waals surface area contributed by atoms with Crippen molar-refractivity contribution < 1.29 is 23.7 Å². The number of rotatable bonds is 11. The summed E-state index contributed by atoms with van der Waals surface area (Å²) in [7, 11) is 4.73. The molecule has 0 aliphatic carbocycles. The average molecular weight is 498 g/mol. The van der Waals surface area contributed by atoms with E-state index in [9.17, 15) is 4.79 Å². The lowest BCUT2D eigenvalue weighted by Crippen LogP contribution is -2.25. The van der Waals surface area contributed by atoms with E-state index in [0.717, 1.165) is 48.0 Å². The number of nitrogens with one attached hydrogen (secondary N) is 1. The van der Waals surface area contributed by atoms with Gasteiger partial charge < -0.3 is 28.8 Å². The summed E-state index contributed by atoms with van der Waals surface area (Å²) in [6, 6.07) is 13.7. The van der Waals surface area contributed by atoms with E-state index >= 15 is 0 Å². The monoisotopic (exact) mass is 497 g/mol. The lowest BCUT2D eigenvalue weighted by atomic mass is 10.1. The molecule has 1 unspecified atom stereocenters. The molecule has 1 atom stereocenters. The average Bonchev–Trinajstić information content (AvgIpc) is 3.56. The summed E-state index contributed by atoms with van der Waals surface area (Å²) in [5.41, 5.74) is 2.92. The number of benzene rings is 2. The van der Waals surface area contributed by atoms with Crippen molar-refractivity contribution in [3.63, 3.8) is 0 Å². The highest BCUT2D eigenvalue weighted by atomic mass is 32.2. The van der Waals surface area contributed by atoms with Crippen LogP contribution >= 0.6 is 11.8 Å². The zero-order chi connectivity index (χ0) is 24.6. The van der Waals surface area contributed by atoms with E-state index in [1.54, 1.807) is 27.4 Å². The van der Waals surface area contributed by atoms with Gasteiger partial charge in [-0.05, 0) is 24.5 Å². The molecule has 1 fully saturated rings. The number of imidazole rings is 1. The summed E-state index contributed by atoms with van der Waals surface area (Å²) in [5, 5.41) is 3.77. The van der Waals surface area contributed by atoms with E-state index in [-0.39, 0.29) is 17.8 Å². The molecule has 1 aromatic heterocycles. The second-order valence-electron chi connectivity index (χ2n) is 8.12. The van der Waals surface area contributed by atoms with Gasteiger partial charge in [0.1, 0.15) is 5.75 Å². The Hall–Kier alpha value is -3.17. The first-order valence-electron chi connectivity index (χ1n) is 11.5. The molecule has 1 aliphatic rings. The minimum absolute atomic E-state index is 0.0974. The molecular weight excluding hydrogens is 466 g/mol. The molecule has 1 saturated heterocycles. The number of nitrogens with zero attached hydrogens (tertiary/aromatic N) is 2. The number of ether oxygens (including phenoxy) is 4. The predicted octanol–water partition coefficient (Wildman–Crippen LogP) is 4.16. The second-order valence-corrected chi connectivity index (χ2v) is 9.06. The topological polar surface area (TPSA) is 83.8 Å². The zero-order valence-corrected chi connectivity index (χ0v) is 21.1. The maximum Gasteiger partial charge on any atom is 0.230 e. The molecule has 9 heteroatoms. The van der Waals surface area contributed by atoms with Gasteiger partial charge in [0.2, 0.25) is 5.91 Å². The van der Waals surface area contributed by atoms with Gasteiger partial charge in [0.25, 0.3) is 0 Å². The summed E-state index contributed by atoms with van der Waals surface area (Å²) in [6.07, 6.45) is 4.14. The molecule has 0 saturated carbocycles. The highest BCUT2D eigenvalue weighted by Crippen LogP contribution is 2.34. The first-order chi connectivity index (χ1) is 17.1. The van der Waals surface area contributed by atoms with Crippen LogP contribution < -0.4 is 19.5 Å². The van der Waals surface area contributed by atoms with Crippen molar-refractivity contribution in [1.82, 2.24) is 14.9 Å². The van der Waals surface area contributed by atoms with Crippen LogP contribution in [-0.2, 0) is 22.6 Å². The molecule has 2 aromatic carbocycles. The van der Waals surface area contributed by atoms with Crippen molar-refractivity contribution in [2.24, 2.45) is 0 Å². The fourth-order valence-corrected chi connectivity index (χ4v) is 4.91. The van der Waals surface area contributed by atoms with E-state index in [2.05, 4.69) is 27.0 Å². The quantitative estimate of drug-likeness (QED) is 0.398. The standard InChI is InChI=1S/C26H31N3O5S/c1-31-22-13-24(33-3)23(32-2)12-19(22)14-27-25(30)17-35-26-28-15-21(18-8-5-4-6-9-18)29(26)16-20-10-7-11-34-20/h4-6,8-9,12-13,15,20H,7,10-11,14,16-17H2,1-3H3,(H,27,30). The van der Waals surface area contributed by atoms with Crippen molar-refractivity contribution in [3.8, 4) is 28.5 Å². The van der Waals surface area contributed by atoms with Gasteiger partial charge in [-0.3, -0.25) is 4.79 Å². The Bertz CT molecular complexity index is 1130. The number of thioether (sulfide) groups is 1. The summed E-state index contributed by atoms with van der Waals surface area (Å²) >= 11 is 1.42. The van der Waals surface area contributed by atoms with Gasteiger partial charge >= 0.3 is 0 Å². The molecule has 8 nitrogen and oxygen atoms in total. The van der Waals surface area contributed by atoms with Crippen LogP contribution in [0.4, 0.5) is 0 Å². The molecule has 0 bridgehead atoms. The predicted molar refractivity (Wildman–Crippen MR) is 135 cm³/mol. The number of hydrogen-bond donors (Lipinski definition) is 1. The molecule has 35 heavy (non-hydrogen) atoms. The zero-order valence-electron chi connectivity index (χ0n) is 20.3. The minimum atomic E-state index is -0.0974. The Labute approximate surface area is 209 Å². The molecule has 186 valence electrons. The fourth-order valence-electron chi connectivity index (χ4n) is 4.09. The Morgan fingerprint density at radius 1 is 1.11 bits per heavy atom. The van der Waals surface area contributed by atoms with Crippen LogP contribution in [0.15, 0.2) is 53.8 Å². The molecule has 0 radical (unpaired) electrons. The summed E-state index contributed by atoms with van der Waals surface area (Å²) in [4.78, 5) is 17.3. The Kier molecular flexibility index (Phi) is 8.54. The highest BCUT2D eigenvalue weighted by molar-refractivity contribution is 7.99. The molecule has 1 N–H and O–H groups in total. The Balaban J connectivity index is 1.43. The Morgan fingerprint density at radius 2 is 1.86 bits per heavy atom. The smallest absolute Gasteiger partial charge is 0.230 e. The summed E-state index contributed by atoms with van der Waals surface area (Å²) in [6.45, 7) is 1.82. The normalized spacial score (nSPS) is 15.1. The number of hydrogen-bond acceptors (Lipinski definition) is 7. The van der Waals surface area contributed by atoms with E-state index in [0.29, 0.717) is 23.8 Å². The summed E-state index contributed by atoms with van der Waals surface area (Å²) < 4.78 is 24.2. The lowest BCUT2D eigenvalue weighted by Gasteiger charge is -2.16. The molecule has 1 aliphatic heterocycles. The van der Waals surface area contributed by atoms with Crippen LogP contribution in [0, 0.1) is 0 Å². The molecular formula is C26H31N3O5S. The number of aromatic nitrogens is 2. The maximum absolute atomic E-state index is 12.7. The number of carbonyl (C=O) groups excluding carboxylic acids is 1. The third kappa shape index (κ3) is 6.10. The van der Waals surface area contributed by atoms with E-state index in [4.69, 9.17) is 18.9 Å². The van der Waals surface area contributed by atoms with Crippen LogP contribution in [0.1, 0.15) is 18.4 Å². The highest BCUT2D eigenvalue weighted by Gasteiger charge is 2.21. The summed E-state index contributed by atoms with van der Waals surface area (Å²) in [5.74, 6) is 1.92. The van der Waals surface area contributed by atoms with Gasteiger partial charge in [-0.15, -0.1) is 0 Å². The number of amides is 1. The van der Waals surface area contributed by atoms with Crippen molar-refractivity contribution in [2.45, 2.75) is 37.2 Å². The first kappa shape index (κ1) is 24.9. The van der Waals surface area contributed by atoms with Crippen LogP contribution in [0.3, 0.4) is 0 Å². The van der Waals surface area contributed by atoms with Gasteiger partial charge in [0.15, 0.2) is 16.7 Å². The molecule has 2 heterocycles. The minimum Gasteiger partial charge on any atom is -0.496 e. The Morgan fingerprint density at radius 3 is 2.54 bits per heavy atom. The number of carbonyl (C=O) groups is 1. The van der Waals surface area contributed by atoms with Gasteiger partial charge in [-0.25, -0.2) is 4.98 Å². The van der Waals surface area contributed by atoms with Gasteiger partial charge in [-0.2, -0.15) is 0 Å². The molecule has 3 aromatic rings. The SMILES string of the molecule is COc1cc(OC)c(OC)cc1CNC(=O)CSc1ncc(-c2ccccc2)n1CC1CCCO1. The van der Waals surface area contributed by atoms with Crippen molar-refractivity contribution in [3.05, 3.63) is 54.2 Å². The van der Waals surface area contributed by atoms with Crippen molar-refractivity contribution in [1.29, 1.82) is 0 Å². The van der Waals surface area contributed by atoms with Crippen molar-refractivity contribution in [2.75, 3.05) is 33.7 Å². The third-order valence-electron chi connectivity index (χ3n) is 5.89. The van der Waals surface area contributed by atoms with Gasteiger partial charge in [0, 0.05) is 24.8 Å². The van der Waals surface area contributed by atoms with E-state index in [1.165, 1.54) is 11.8 Å². The largest absolute Gasteiger partial charge is 0.496 e. The second kappa shape index (κ2) is 12.0. The third-order valence-corrected chi connectivity index (χ3v) is 6.88. The number of methoxy groups -OCH3 is 3.